The lowest BCUT2D eigenvalue weighted by molar-refractivity contribution is -0.126. The van der Waals surface area contributed by atoms with Crippen LogP contribution in [0.4, 0.5) is 5.69 Å². The Kier molecular flexibility index (Phi) is 6.46. The number of nitrogens with one attached hydrogen (secondary N) is 2. The molecule has 0 saturated heterocycles. The van der Waals surface area contributed by atoms with Gasteiger partial charge in [-0.25, -0.2) is 8.42 Å². The zero-order valence-electron chi connectivity index (χ0n) is 14.9. The normalized spacial score (nSPS) is 12.1. The molecule has 0 aliphatic rings. The van der Waals surface area contributed by atoms with Gasteiger partial charge in [-0.2, -0.15) is 0 Å². The lowest BCUT2D eigenvalue weighted by Gasteiger charge is -2.14. The molecule has 0 unspecified atom stereocenters. The van der Waals surface area contributed by atoms with E-state index in [0.29, 0.717) is 23.8 Å². The summed E-state index contributed by atoms with van der Waals surface area (Å²) in [7, 11) is -2.21. The molecule has 26 heavy (non-hydrogen) atoms. The molecule has 0 aromatic heterocycles. The summed E-state index contributed by atoms with van der Waals surface area (Å²) in [5.74, 6) is 0.808. The highest BCUT2D eigenvalue weighted by Crippen LogP contribution is 2.21. The molecular weight excluding hydrogens is 356 g/mol. The summed E-state index contributed by atoms with van der Waals surface area (Å²) in [6.07, 6.45) is -0.676. The van der Waals surface area contributed by atoms with E-state index in [0.717, 1.165) is 0 Å². The maximum atomic E-state index is 12.5. The van der Waals surface area contributed by atoms with Gasteiger partial charge in [0, 0.05) is 12.7 Å². The van der Waals surface area contributed by atoms with E-state index in [1.54, 1.807) is 31.2 Å². The summed E-state index contributed by atoms with van der Waals surface area (Å²) in [4.78, 5) is 11.5. The van der Waals surface area contributed by atoms with Gasteiger partial charge in [0.25, 0.3) is 15.9 Å². The van der Waals surface area contributed by atoms with E-state index in [4.69, 9.17) is 9.47 Å². The average Bonchev–Trinajstić information content (AvgIpc) is 2.63. The zero-order valence-corrected chi connectivity index (χ0v) is 15.7. The Morgan fingerprint density at radius 1 is 1.04 bits per heavy atom. The number of carbonyl (C=O) groups excluding carboxylic acids is 1. The van der Waals surface area contributed by atoms with Crippen LogP contribution < -0.4 is 19.5 Å². The van der Waals surface area contributed by atoms with Gasteiger partial charge in [-0.05, 0) is 62.4 Å². The Hall–Kier alpha value is -2.74. The van der Waals surface area contributed by atoms with E-state index in [9.17, 15) is 13.2 Å². The molecule has 2 aromatic rings. The molecule has 0 saturated carbocycles. The van der Waals surface area contributed by atoms with Crippen molar-refractivity contribution >= 4 is 21.6 Å². The molecule has 0 heterocycles. The fourth-order valence-electron chi connectivity index (χ4n) is 2.16. The second kappa shape index (κ2) is 8.57. The van der Waals surface area contributed by atoms with Gasteiger partial charge in [-0.1, -0.05) is 0 Å². The number of rotatable bonds is 8. The highest BCUT2D eigenvalue weighted by molar-refractivity contribution is 7.92. The second-order valence-electron chi connectivity index (χ2n) is 5.41. The Balaban J connectivity index is 2.07. The first-order valence-corrected chi connectivity index (χ1v) is 9.58. The molecule has 0 aliphatic heterocycles. The molecule has 1 amide bonds. The lowest BCUT2D eigenvalue weighted by atomic mass is 10.3. The minimum atomic E-state index is -3.73. The molecule has 0 fully saturated rings. The van der Waals surface area contributed by atoms with Crippen LogP contribution in [0, 0.1) is 0 Å². The van der Waals surface area contributed by atoms with E-state index < -0.39 is 16.1 Å². The van der Waals surface area contributed by atoms with Crippen LogP contribution in [-0.4, -0.2) is 34.1 Å². The van der Waals surface area contributed by atoms with Gasteiger partial charge >= 0.3 is 0 Å². The molecule has 0 aliphatic carbocycles. The van der Waals surface area contributed by atoms with Crippen molar-refractivity contribution in [2.75, 3.05) is 18.4 Å². The van der Waals surface area contributed by atoms with Crippen LogP contribution in [0.25, 0.3) is 0 Å². The first-order valence-electron chi connectivity index (χ1n) is 8.09. The van der Waals surface area contributed by atoms with E-state index >= 15 is 0 Å². The maximum absolute atomic E-state index is 12.5. The quantitative estimate of drug-likeness (QED) is 0.736. The minimum absolute atomic E-state index is 0.0892. The van der Waals surface area contributed by atoms with Crippen molar-refractivity contribution in [3.8, 4) is 11.5 Å². The third-order valence-corrected chi connectivity index (χ3v) is 4.88. The van der Waals surface area contributed by atoms with Gasteiger partial charge in [0.15, 0.2) is 6.10 Å². The van der Waals surface area contributed by atoms with E-state index in [-0.39, 0.29) is 10.8 Å². The fraction of sp³-hybridized carbons (Fsp3) is 0.278. The van der Waals surface area contributed by atoms with Crippen LogP contribution in [0.5, 0.6) is 11.5 Å². The smallest absolute Gasteiger partial charge is 0.261 e. The van der Waals surface area contributed by atoms with Gasteiger partial charge < -0.3 is 14.8 Å². The molecule has 8 heteroatoms. The number of benzene rings is 2. The highest BCUT2D eigenvalue weighted by Gasteiger charge is 2.16. The first-order chi connectivity index (χ1) is 12.4. The molecule has 140 valence electrons. The van der Waals surface area contributed by atoms with Crippen LogP contribution in [0.1, 0.15) is 13.8 Å². The lowest BCUT2D eigenvalue weighted by Crippen LogP contribution is -2.33. The topological polar surface area (TPSA) is 93.7 Å². The summed E-state index contributed by atoms with van der Waals surface area (Å²) >= 11 is 0. The third-order valence-electron chi connectivity index (χ3n) is 3.48. The number of hydrogen-bond donors (Lipinski definition) is 2. The number of ether oxygens (including phenoxy) is 2. The number of anilines is 1. The molecule has 7 nitrogen and oxygen atoms in total. The Bertz CT molecular complexity index is 833. The van der Waals surface area contributed by atoms with Crippen LogP contribution in [-0.2, 0) is 14.8 Å². The van der Waals surface area contributed by atoms with Gasteiger partial charge in [0.05, 0.1) is 11.5 Å². The molecule has 2 aromatic carbocycles. The molecule has 0 bridgehead atoms. The van der Waals surface area contributed by atoms with Crippen molar-refractivity contribution in [1.29, 1.82) is 0 Å². The molecular formula is C18H22N2O5S. The summed E-state index contributed by atoms with van der Waals surface area (Å²) in [6.45, 7) is 4.02. The largest absolute Gasteiger partial charge is 0.494 e. The van der Waals surface area contributed by atoms with Crippen LogP contribution in [0.15, 0.2) is 53.4 Å². The SMILES string of the molecule is CCOc1ccc(NS(=O)(=O)c2ccc(O[C@@H](C)C(=O)NC)cc2)cc1. The van der Waals surface area contributed by atoms with Crippen molar-refractivity contribution in [2.45, 2.75) is 24.8 Å². The molecule has 2 rings (SSSR count). The van der Waals surface area contributed by atoms with E-state index in [1.807, 2.05) is 6.92 Å². The van der Waals surface area contributed by atoms with E-state index in [2.05, 4.69) is 10.0 Å². The number of hydrogen-bond acceptors (Lipinski definition) is 5. The predicted molar refractivity (Wildman–Crippen MR) is 99.0 cm³/mol. The second-order valence-corrected chi connectivity index (χ2v) is 7.09. The van der Waals surface area contributed by atoms with Gasteiger partial charge in [-0.3, -0.25) is 9.52 Å². The van der Waals surface area contributed by atoms with Gasteiger partial charge in [0.1, 0.15) is 11.5 Å². The Labute approximate surface area is 153 Å². The monoisotopic (exact) mass is 378 g/mol. The van der Waals surface area contributed by atoms with Crippen LogP contribution in [0.3, 0.4) is 0 Å². The van der Waals surface area contributed by atoms with Crippen molar-refractivity contribution < 1.29 is 22.7 Å². The number of sulfonamides is 1. The fourth-order valence-corrected chi connectivity index (χ4v) is 3.22. The number of carbonyl (C=O) groups is 1. The third kappa shape index (κ3) is 5.13. The zero-order chi connectivity index (χ0) is 19.2. The molecule has 0 radical (unpaired) electrons. The Morgan fingerprint density at radius 3 is 2.15 bits per heavy atom. The maximum Gasteiger partial charge on any atom is 0.261 e. The first kappa shape index (κ1) is 19.6. The Morgan fingerprint density at radius 2 is 1.62 bits per heavy atom. The van der Waals surface area contributed by atoms with Gasteiger partial charge in [-0.15, -0.1) is 0 Å². The summed E-state index contributed by atoms with van der Waals surface area (Å²) in [5.41, 5.74) is 0.432. The molecule has 0 spiro atoms. The molecule has 1 atom stereocenters. The van der Waals surface area contributed by atoms with Crippen molar-refractivity contribution in [2.24, 2.45) is 0 Å². The standard InChI is InChI=1S/C18H22N2O5S/c1-4-24-15-7-5-14(6-8-15)20-26(22,23)17-11-9-16(10-12-17)25-13(2)18(21)19-3/h5-13,20H,4H2,1-3H3,(H,19,21)/t13-/m0/s1. The summed E-state index contributed by atoms with van der Waals surface area (Å²) < 4.78 is 38.2. The van der Waals surface area contributed by atoms with Crippen molar-refractivity contribution in [3.63, 3.8) is 0 Å². The predicted octanol–water partition coefficient (Wildman–Crippen LogP) is 2.40. The van der Waals surface area contributed by atoms with Crippen molar-refractivity contribution in [3.05, 3.63) is 48.5 Å². The van der Waals surface area contributed by atoms with E-state index in [1.165, 1.54) is 31.3 Å². The number of likely N-dealkylation sites (N-methyl/N-ethyl adjacent to an activating group) is 1. The van der Waals surface area contributed by atoms with Gasteiger partial charge in [0.2, 0.25) is 0 Å². The number of amides is 1. The minimum Gasteiger partial charge on any atom is -0.494 e. The van der Waals surface area contributed by atoms with Crippen LogP contribution >= 0.6 is 0 Å². The average molecular weight is 378 g/mol. The summed E-state index contributed by atoms with van der Waals surface area (Å²) in [6, 6.07) is 12.5. The summed E-state index contributed by atoms with van der Waals surface area (Å²) in [5, 5.41) is 2.48. The van der Waals surface area contributed by atoms with Crippen LogP contribution in [0.2, 0.25) is 0 Å². The van der Waals surface area contributed by atoms with Crippen molar-refractivity contribution in [1.82, 2.24) is 5.32 Å². The highest BCUT2D eigenvalue weighted by atomic mass is 32.2. The molecule has 2 N–H and O–H groups in total.